The zero-order valence-electron chi connectivity index (χ0n) is 7.51. The van der Waals surface area contributed by atoms with E-state index < -0.39 is 0 Å². The van der Waals surface area contributed by atoms with Crippen LogP contribution in [0.5, 0.6) is 0 Å². The lowest BCUT2D eigenvalue weighted by atomic mass is 10.5. The van der Waals surface area contributed by atoms with Gasteiger partial charge >= 0.3 is 0 Å². The second-order valence-corrected chi connectivity index (χ2v) is 3.41. The van der Waals surface area contributed by atoms with Gasteiger partial charge in [0.1, 0.15) is 6.33 Å². The van der Waals surface area contributed by atoms with Crippen molar-refractivity contribution in [2.75, 3.05) is 0 Å². The number of rotatable bonds is 2. The monoisotopic (exact) mass is 196 g/mol. The van der Waals surface area contributed by atoms with Crippen molar-refractivity contribution < 1.29 is 4.68 Å². The first-order chi connectivity index (χ1) is 6.31. The molecule has 0 saturated carbocycles. The molecule has 0 amide bonds. The summed E-state index contributed by atoms with van der Waals surface area (Å²) in [5.41, 5.74) is 0. The van der Waals surface area contributed by atoms with Crippen LogP contribution in [-0.2, 0) is 13.6 Å². The van der Waals surface area contributed by atoms with E-state index in [1.165, 1.54) is 11.5 Å². The Kier molecular flexibility index (Phi) is 2.05. The molecule has 0 bridgehead atoms. The van der Waals surface area contributed by atoms with Gasteiger partial charge in [-0.05, 0) is 6.92 Å². The minimum Gasteiger partial charge on any atom is -0.248 e. The van der Waals surface area contributed by atoms with E-state index in [9.17, 15) is 0 Å². The van der Waals surface area contributed by atoms with Crippen molar-refractivity contribution in [3.63, 3.8) is 0 Å². The van der Waals surface area contributed by atoms with E-state index in [2.05, 4.69) is 21.5 Å². The van der Waals surface area contributed by atoms with E-state index in [4.69, 9.17) is 0 Å². The van der Waals surface area contributed by atoms with Crippen LogP contribution in [0.25, 0.3) is 10.7 Å². The summed E-state index contributed by atoms with van der Waals surface area (Å²) in [4.78, 5) is 5.19. The molecule has 0 saturated heterocycles. The summed E-state index contributed by atoms with van der Waals surface area (Å²) >= 11 is 1.44. The molecule has 5 nitrogen and oxygen atoms in total. The molecule has 0 aliphatic carbocycles. The zero-order valence-corrected chi connectivity index (χ0v) is 8.32. The zero-order chi connectivity index (χ0) is 9.26. The maximum atomic E-state index is 4.21. The van der Waals surface area contributed by atoms with Crippen molar-refractivity contribution in [1.29, 1.82) is 0 Å². The smallest absolute Gasteiger partial charge is 0.220 e. The third-order valence-corrected chi connectivity index (χ3v) is 2.54. The fraction of sp³-hybridized carbons (Fsp3) is 0.429. The molecule has 0 radical (unpaired) electrons. The first-order valence-corrected chi connectivity index (χ1v) is 4.79. The largest absolute Gasteiger partial charge is 0.248 e. The van der Waals surface area contributed by atoms with E-state index in [-0.39, 0.29) is 0 Å². The fourth-order valence-electron chi connectivity index (χ4n) is 1.05. The van der Waals surface area contributed by atoms with Gasteiger partial charge in [-0.15, -0.1) is 0 Å². The topological polar surface area (TPSA) is 47.5 Å². The van der Waals surface area contributed by atoms with Crippen LogP contribution < -0.4 is 4.68 Å². The molecule has 0 spiro atoms. The molecular formula is C7H10N5S+. The summed E-state index contributed by atoms with van der Waals surface area (Å²) in [5, 5.41) is 4.00. The van der Waals surface area contributed by atoms with Crippen LogP contribution >= 0.6 is 11.5 Å². The Morgan fingerprint density at radius 1 is 1.62 bits per heavy atom. The van der Waals surface area contributed by atoms with Crippen molar-refractivity contribution in [3.05, 3.63) is 12.5 Å². The van der Waals surface area contributed by atoms with Crippen molar-refractivity contribution in [2.24, 2.45) is 7.05 Å². The second-order valence-electron chi connectivity index (χ2n) is 2.63. The predicted molar refractivity (Wildman–Crippen MR) is 48.0 cm³/mol. The lowest BCUT2D eigenvalue weighted by molar-refractivity contribution is -0.743. The van der Waals surface area contributed by atoms with Crippen molar-refractivity contribution in [3.8, 4) is 10.7 Å². The molecule has 6 heteroatoms. The molecule has 0 aromatic carbocycles. The molecule has 2 aromatic heterocycles. The third kappa shape index (κ3) is 1.44. The van der Waals surface area contributed by atoms with E-state index in [1.807, 2.05) is 17.9 Å². The highest BCUT2D eigenvalue weighted by atomic mass is 32.1. The van der Waals surface area contributed by atoms with E-state index >= 15 is 0 Å². The van der Waals surface area contributed by atoms with Crippen molar-refractivity contribution >= 4 is 11.5 Å². The number of hydrogen-bond donors (Lipinski definition) is 0. The van der Waals surface area contributed by atoms with Gasteiger partial charge in [-0.1, -0.05) is 4.68 Å². The summed E-state index contributed by atoms with van der Waals surface area (Å²) < 4.78 is 7.84. The maximum absolute atomic E-state index is 4.21. The molecule has 13 heavy (non-hydrogen) atoms. The highest BCUT2D eigenvalue weighted by Crippen LogP contribution is 2.16. The summed E-state index contributed by atoms with van der Waals surface area (Å²) in [6, 6.07) is 0. The molecule has 2 rings (SSSR count). The first kappa shape index (κ1) is 8.31. The first-order valence-electron chi connectivity index (χ1n) is 4.02. The van der Waals surface area contributed by atoms with Gasteiger partial charge in [-0.2, -0.15) is 5.10 Å². The maximum Gasteiger partial charge on any atom is 0.220 e. The Bertz CT molecular complexity index is 404. The van der Waals surface area contributed by atoms with Gasteiger partial charge in [-0.3, -0.25) is 0 Å². The molecule has 0 N–H and O–H groups in total. The van der Waals surface area contributed by atoms with Gasteiger partial charge in [0.25, 0.3) is 0 Å². The summed E-state index contributed by atoms with van der Waals surface area (Å²) in [5.74, 6) is 0.865. The van der Waals surface area contributed by atoms with Gasteiger partial charge in [0.15, 0.2) is 17.2 Å². The quantitative estimate of drug-likeness (QED) is 0.647. The third-order valence-electron chi connectivity index (χ3n) is 1.77. The minimum absolute atomic E-state index is 0.865. The second kappa shape index (κ2) is 3.21. The lowest BCUT2D eigenvalue weighted by Gasteiger charge is -1.90. The number of aromatic nitrogens is 5. The molecular weight excluding hydrogens is 186 g/mol. The van der Waals surface area contributed by atoms with Crippen LogP contribution in [-0.4, -0.2) is 19.3 Å². The highest BCUT2D eigenvalue weighted by Gasteiger charge is 2.13. The molecule has 0 atom stereocenters. The van der Waals surface area contributed by atoms with E-state index in [1.54, 1.807) is 11.0 Å². The average molecular weight is 196 g/mol. The summed E-state index contributed by atoms with van der Waals surface area (Å²) in [7, 11) is 1.87. The average Bonchev–Trinajstić information content (AvgIpc) is 2.71. The van der Waals surface area contributed by atoms with Crippen LogP contribution in [0.2, 0.25) is 0 Å². The van der Waals surface area contributed by atoms with Crippen LogP contribution in [0.15, 0.2) is 12.5 Å². The Morgan fingerprint density at radius 3 is 3.00 bits per heavy atom. The Morgan fingerprint density at radius 2 is 2.46 bits per heavy atom. The van der Waals surface area contributed by atoms with E-state index in [0.29, 0.717) is 0 Å². The van der Waals surface area contributed by atoms with E-state index in [0.717, 1.165) is 17.2 Å². The van der Waals surface area contributed by atoms with Gasteiger partial charge in [-0.25, -0.2) is 9.67 Å². The van der Waals surface area contributed by atoms with Gasteiger partial charge in [0.05, 0.1) is 4.49 Å². The van der Waals surface area contributed by atoms with Crippen LogP contribution in [0.3, 0.4) is 0 Å². The van der Waals surface area contributed by atoms with Crippen LogP contribution in [0, 0.1) is 0 Å². The minimum atomic E-state index is 0.865. The Balaban J connectivity index is 2.41. The van der Waals surface area contributed by atoms with Crippen molar-refractivity contribution in [2.45, 2.75) is 13.5 Å². The van der Waals surface area contributed by atoms with Gasteiger partial charge in [0, 0.05) is 18.6 Å². The highest BCUT2D eigenvalue weighted by molar-refractivity contribution is 7.08. The van der Waals surface area contributed by atoms with Crippen LogP contribution in [0.1, 0.15) is 6.92 Å². The summed E-state index contributed by atoms with van der Waals surface area (Å²) in [6.07, 6.45) is 3.53. The normalized spacial score (nSPS) is 10.6. The standard InChI is InChI=1S/C7H10N5S/c1-3-12-4-6(13-10-12)7-8-5-9-11(7)2/h4-5H,3H2,1-2H3/q+1. The fourth-order valence-corrected chi connectivity index (χ4v) is 1.84. The molecule has 2 aromatic rings. The number of nitrogens with zero attached hydrogens (tertiary/aromatic N) is 5. The molecule has 68 valence electrons. The van der Waals surface area contributed by atoms with Gasteiger partial charge in [0.2, 0.25) is 6.20 Å². The predicted octanol–water partition coefficient (Wildman–Crippen LogP) is 0.246. The lowest BCUT2D eigenvalue weighted by Crippen LogP contribution is -2.32. The molecule has 2 heterocycles. The molecule has 0 fully saturated rings. The summed E-state index contributed by atoms with van der Waals surface area (Å²) in [6.45, 7) is 2.94. The molecule has 0 unspecified atom stereocenters. The number of hydrogen-bond acceptors (Lipinski definition) is 4. The Labute approximate surface area is 79.8 Å². The SMILES string of the molecule is CC[n+]1cc(-c2ncnn2C)sn1. The molecule has 0 aliphatic heterocycles. The molecule has 0 aliphatic rings. The Hall–Kier alpha value is -1.30. The van der Waals surface area contributed by atoms with Crippen LogP contribution in [0.4, 0.5) is 0 Å². The van der Waals surface area contributed by atoms with Gasteiger partial charge < -0.3 is 0 Å². The number of aryl methyl sites for hydroxylation is 2. The van der Waals surface area contributed by atoms with Crippen molar-refractivity contribution in [1.82, 2.24) is 19.3 Å².